The molecule has 2 atom stereocenters. The van der Waals surface area contributed by atoms with Gasteiger partial charge in [-0.1, -0.05) is 66.5 Å². The molecule has 0 N–H and O–H groups in total. The van der Waals surface area contributed by atoms with E-state index in [4.69, 9.17) is 0 Å². The smallest absolute Gasteiger partial charge is 0.0164 e. The van der Waals surface area contributed by atoms with Crippen LogP contribution in [0, 0.1) is 0 Å². The highest BCUT2D eigenvalue weighted by molar-refractivity contribution is 8.00. The number of hydrogen-bond donors (Lipinski definition) is 0. The lowest BCUT2D eigenvalue weighted by Crippen LogP contribution is -2.21. The van der Waals surface area contributed by atoms with Crippen molar-refractivity contribution in [3.63, 3.8) is 0 Å². The molecule has 1 heteroatoms. The highest BCUT2D eigenvalue weighted by atomic mass is 32.2. The monoisotopic (exact) mass is 302 g/mol. The van der Waals surface area contributed by atoms with Crippen molar-refractivity contribution in [2.45, 2.75) is 94.1 Å². The molecule has 0 saturated heterocycles. The van der Waals surface area contributed by atoms with Crippen LogP contribution in [0.15, 0.2) is 17.0 Å². The highest BCUT2D eigenvalue weighted by Crippen LogP contribution is 2.56. The molecule has 0 bridgehead atoms. The lowest BCUT2D eigenvalue weighted by molar-refractivity contribution is 0.450. The standard InChI is InChI=1S/C20H30S/c1-19(2,3)14-11-12-15(20(4,5)6)18-17(14)13-9-7-8-10-16(13)21-18/h11-13,16H,7-10H2,1-6H3. The van der Waals surface area contributed by atoms with E-state index in [1.165, 1.54) is 25.7 Å². The third-order valence-electron chi connectivity index (χ3n) is 5.15. The van der Waals surface area contributed by atoms with Gasteiger partial charge in [0.1, 0.15) is 0 Å². The van der Waals surface area contributed by atoms with Crippen LogP contribution < -0.4 is 0 Å². The Morgan fingerprint density at radius 1 is 0.857 bits per heavy atom. The van der Waals surface area contributed by atoms with Gasteiger partial charge in [0.2, 0.25) is 0 Å². The largest absolute Gasteiger partial charge is 0.121 e. The van der Waals surface area contributed by atoms with Crippen molar-refractivity contribution >= 4 is 11.8 Å². The second-order valence-electron chi connectivity index (χ2n) is 8.95. The first-order valence-corrected chi connectivity index (χ1v) is 9.42. The van der Waals surface area contributed by atoms with Crippen LogP contribution >= 0.6 is 11.8 Å². The molecular weight excluding hydrogens is 272 g/mol. The van der Waals surface area contributed by atoms with Gasteiger partial charge in [0.15, 0.2) is 0 Å². The third kappa shape index (κ3) is 2.67. The molecule has 1 aromatic rings. The summed E-state index contributed by atoms with van der Waals surface area (Å²) in [7, 11) is 0. The Morgan fingerprint density at radius 2 is 1.43 bits per heavy atom. The lowest BCUT2D eigenvalue weighted by atomic mass is 9.73. The zero-order chi connectivity index (χ0) is 15.4. The van der Waals surface area contributed by atoms with E-state index in [1.54, 1.807) is 21.6 Å². The molecule has 116 valence electrons. The quantitative estimate of drug-likeness (QED) is 0.533. The van der Waals surface area contributed by atoms with E-state index in [-0.39, 0.29) is 10.8 Å². The molecule has 3 rings (SSSR count). The summed E-state index contributed by atoms with van der Waals surface area (Å²) < 4.78 is 0. The fourth-order valence-electron chi connectivity index (χ4n) is 4.06. The molecule has 2 aliphatic rings. The minimum atomic E-state index is 0.251. The average molecular weight is 303 g/mol. The lowest BCUT2D eigenvalue weighted by Gasteiger charge is -2.31. The van der Waals surface area contributed by atoms with E-state index in [0.29, 0.717) is 0 Å². The summed E-state index contributed by atoms with van der Waals surface area (Å²) in [6.07, 6.45) is 5.67. The molecule has 0 radical (unpaired) electrons. The van der Waals surface area contributed by atoms with Gasteiger partial charge in [-0.15, -0.1) is 11.8 Å². The first kappa shape index (κ1) is 15.5. The maximum Gasteiger partial charge on any atom is 0.0164 e. The molecule has 1 saturated carbocycles. The predicted octanol–water partition coefficient (Wildman–Crippen LogP) is 6.41. The summed E-state index contributed by atoms with van der Waals surface area (Å²) in [4.78, 5) is 1.65. The molecule has 0 nitrogen and oxygen atoms in total. The van der Waals surface area contributed by atoms with Crippen molar-refractivity contribution in [2.24, 2.45) is 0 Å². The fraction of sp³-hybridized carbons (Fsp3) is 0.700. The fourth-order valence-corrected chi connectivity index (χ4v) is 5.97. The molecular formula is C20H30S. The number of thioether (sulfide) groups is 1. The van der Waals surface area contributed by atoms with Crippen molar-refractivity contribution in [3.05, 3.63) is 28.8 Å². The minimum Gasteiger partial charge on any atom is -0.121 e. The molecule has 1 aromatic carbocycles. The van der Waals surface area contributed by atoms with E-state index < -0.39 is 0 Å². The summed E-state index contributed by atoms with van der Waals surface area (Å²) in [5.41, 5.74) is 5.41. The van der Waals surface area contributed by atoms with Crippen LogP contribution in [-0.2, 0) is 10.8 Å². The number of rotatable bonds is 0. The van der Waals surface area contributed by atoms with Crippen LogP contribution in [0.1, 0.15) is 89.8 Å². The summed E-state index contributed by atoms with van der Waals surface area (Å²) in [5.74, 6) is 0.815. The molecule has 1 heterocycles. The Bertz CT molecular complexity index is 542. The second kappa shape index (κ2) is 5.05. The summed E-state index contributed by atoms with van der Waals surface area (Å²) in [6.45, 7) is 14.2. The molecule has 0 amide bonds. The minimum absolute atomic E-state index is 0.251. The van der Waals surface area contributed by atoms with Gasteiger partial charge in [-0.3, -0.25) is 0 Å². The van der Waals surface area contributed by atoms with Crippen LogP contribution in [-0.4, -0.2) is 5.25 Å². The van der Waals surface area contributed by atoms with Gasteiger partial charge in [0, 0.05) is 10.1 Å². The van der Waals surface area contributed by atoms with Gasteiger partial charge in [0.25, 0.3) is 0 Å². The van der Waals surface area contributed by atoms with Crippen molar-refractivity contribution in [1.82, 2.24) is 0 Å². The zero-order valence-electron chi connectivity index (χ0n) is 14.5. The Balaban J connectivity index is 2.20. The Morgan fingerprint density at radius 3 is 2.05 bits per heavy atom. The van der Waals surface area contributed by atoms with Crippen molar-refractivity contribution < 1.29 is 0 Å². The first-order chi connectivity index (χ1) is 9.69. The molecule has 2 unspecified atom stereocenters. The summed E-state index contributed by atoms with van der Waals surface area (Å²) in [6, 6.07) is 4.86. The van der Waals surface area contributed by atoms with Crippen molar-refractivity contribution in [3.8, 4) is 0 Å². The first-order valence-electron chi connectivity index (χ1n) is 8.54. The molecule has 0 aromatic heterocycles. The predicted molar refractivity (Wildman–Crippen MR) is 94.7 cm³/mol. The van der Waals surface area contributed by atoms with Crippen LogP contribution in [0.25, 0.3) is 0 Å². The molecule has 1 aliphatic heterocycles. The topological polar surface area (TPSA) is 0 Å². The average Bonchev–Trinajstić information content (AvgIpc) is 2.74. The van der Waals surface area contributed by atoms with Crippen LogP contribution in [0.5, 0.6) is 0 Å². The van der Waals surface area contributed by atoms with Gasteiger partial charge in [-0.25, -0.2) is 0 Å². The molecule has 1 fully saturated rings. The maximum absolute atomic E-state index is 2.44. The summed E-state index contributed by atoms with van der Waals surface area (Å²) in [5, 5.41) is 0.846. The summed E-state index contributed by atoms with van der Waals surface area (Å²) >= 11 is 2.20. The SMILES string of the molecule is CC(C)(C)c1ccc(C(C)(C)C)c2c1SC1CCCCC21. The number of hydrogen-bond acceptors (Lipinski definition) is 1. The normalized spacial score (nSPS) is 25.6. The maximum atomic E-state index is 2.44. The van der Waals surface area contributed by atoms with E-state index in [0.717, 1.165) is 11.2 Å². The van der Waals surface area contributed by atoms with Crippen molar-refractivity contribution in [1.29, 1.82) is 0 Å². The van der Waals surface area contributed by atoms with Gasteiger partial charge < -0.3 is 0 Å². The Labute approximate surface area is 135 Å². The van der Waals surface area contributed by atoms with Gasteiger partial charge in [0.05, 0.1) is 0 Å². The second-order valence-corrected chi connectivity index (χ2v) is 10.2. The molecule has 1 aliphatic carbocycles. The van der Waals surface area contributed by atoms with Crippen LogP contribution in [0.3, 0.4) is 0 Å². The van der Waals surface area contributed by atoms with E-state index in [1.807, 2.05) is 0 Å². The number of fused-ring (bicyclic) bond motifs is 3. The van der Waals surface area contributed by atoms with Crippen LogP contribution in [0.4, 0.5) is 0 Å². The van der Waals surface area contributed by atoms with E-state index in [2.05, 4.69) is 65.4 Å². The highest BCUT2D eigenvalue weighted by Gasteiger charge is 2.40. The van der Waals surface area contributed by atoms with Gasteiger partial charge in [-0.2, -0.15) is 0 Å². The zero-order valence-corrected chi connectivity index (χ0v) is 15.4. The van der Waals surface area contributed by atoms with Crippen LogP contribution in [0.2, 0.25) is 0 Å². The van der Waals surface area contributed by atoms with Gasteiger partial charge >= 0.3 is 0 Å². The Hall–Kier alpha value is -0.430. The third-order valence-corrected chi connectivity index (χ3v) is 6.70. The van der Waals surface area contributed by atoms with E-state index >= 15 is 0 Å². The molecule has 21 heavy (non-hydrogen) atoms. The van der Waals surface area contributed by atoms with Gasteiger partial charge in [-0.05, 0) is 46.3 Å². The number of benzene rings is 1. The van der Waals surface area contributed by atoms with E-state index in [9.17, 15) is 0 Å². The van der Waals surface area contributed by atoms with Crippen molar-refractivity contribution in [2.75, 3.05) is 0 Å². The Kier molecular flexibility index (Phi) is 3.72. The molecule has 0 spiro atoms.